The van der Waals surface area contributed by atoms with Crippen LogP contribution in [0.2, 0.25) is 5.02 Å². The van der Waals surface area contributed by atoms with Gasteiger partial charge in [0.05, 0.1) is 18.8 Å². The first-order valence-electron chi connectivity index (χ1n) is 8.31. The van der Waals surface area contributed by atoms with Gasteiger partial charge in [0.15, 0.2) is 0 Å². The number of unbranched alkanes of at least 4 members (excludes halogenated alkanes) is 1. The molecule has 6 nitrogen and oxygen atoms in total. The standard InChI is InChI=1S/C17H26ClN3O3/c1-3-4-8-21(2)10-15-16(22)14(11-24-15)20-17(23)19-13-7-5-6-12(18)9-13/h5-7,9,14-16,22H,3-4,8,10-11H2,1-2H3,(H2,19,20,23). The lowest BCUT2D eigenvalue weighted by Gasteiger charge is -2.23. The van der Waals surface area contributed by atoms with Crippen molar-refractivity contribution in [1.82, 2.24) is 10.2 Å². The molecule has 2 rings (SSSR count). The van der Waals surface area contributed by atoms with E-state index in [1.807, 2.05) is 7.05 Å². The molecule has 134 valence electrons. The molecule has 1 aromatic rings. The number of hydrogen-bond acceptors (Lipinski definition) is 4. The van der Waals surface area contributed by atoms with Crippen LogP contribution < -0.4 is 10.6 Å². The summed E-state index contributed by atoms with van der Waals surface area (Å²) < 4.78 is 5.64. The number of aliphatic hydroxyl groups is 1. The summed E-state index contributed by atoms with van der Waals surface area (Å²) in [5.41, 5.74) is 0.601. The van der Waals surface area contributed by atoms with Crippen molar-refractivity contribution < 1.29 is 14.6 Å². The summed E-state index contributed by atoms with van der Waals surface area (Å²) in [6, 6.07) is 6.10. The van der Waals surface area contributed by atoms with Gasteiger partial charge in [-0.25, -0.2) is 4.79 Å². The molecule has 0 saturated carbocycles. The number of anilines is 1. The molecular weight excluding hydrogens is 330 g/mol. The normalized spacial score (nSPS) is 23.5. The highest BCUT2D eigenvalue weighted by Crippen LogP contribution is 2.17. The molecule has 7 heteroatoms. The number of benzene rings is 1. The molecule has 1 aromatic carbocycles. The zero-order valence-electron chi connectivity index (χ0n) is 14.2. The quantitative estimate of drug-likeness (QED) is 0.701. The Morgan fingerprint density at radius 3 is 3.00 bits per heavy atom. The number of ether oxygens (including phenoxy) is 1. The minimum atomic E-state index is -0.723. The van der Waals surface area contributed by atoms with Gasteiger partial charge in [0.1, 0.15) is 6.10 Å². The zero-order chi connectivity index (χ0) is 17.5. The maximum atomic E-state index is 12.1. The van der Waals surface area contributed by atoms with E-state index in [9.17, 15) is 9.90 Å². The van der Waals surface area contributed by atoms with Gasteiger partial charge in [-0.3, -0.25) is 0 Å². The van der Waals surface area contributed by atoms with Gasteiger partial charge >= 0.3 is 6.03 Å². The molecule has 3 unspecified atom stereocenters. The fourth-order valence-corrected chi connectivity index (χ4v) is 2.89. The monoisotopic (exact) mass is 355 g/mol. The van der Waals surface area contributed by atoms with Crippen molar-refractivity contribution >= 4 is 23.3 Å². The van der Waals surface area contributed by atoms with Crippen LogP contribution in [0.3, 0.4) is 0 Å². The molecule has 1 fully saturated rings. The third-order valence-electron chi connectivity index (χ3n) is 4.07. The Balaban J connectivity index is 1.80. The number of carbonyl (C=O) groups is 1. The van der Waals surface area contributed by atoms with Gasteiger partial charge in [-0.05, 0) is 38.2 Å². The number of carbonyl (C=O) groups excluding carboxylic acids is 1. The van der Waals surface area contributed by atoms with Crippen molar-refractivity contribution in [3.05, 3.63) is 29.3 Å². The molecule has 1 aliphatic rings. The summed E-state index contributed by atoms with van der Waals surface area (Å²) in [6.07, 6.45) is 1.23. The molecule has 3 atom stereocenters. The molecular formula is C17H26ClN3O3. The second kappa shape index (κ2) is 9.22. The Bertz CT molecular complexity index is 544. The van der Waals surface area contributed by atoms with E-state index in [-0.39, 0.29) is 12.1 Å². The van der Waals surface area contributed by atoms with E-state index in [0.29, 0.717) is 23.9 Å². The summed E-state index contributed by atoms with van der Waals surface area (Å²) in [5, 5.41) is 16.4. The molecule has 24 heavy (non-hydrogen) atoms. The van der Waals surface area contributed by atoms with Crippen LogP contribution in [0.1, 0.15) is 19.8 Å². The van der Waals surface area contributed by atoms with E-state index in [1.165, 1.54) is 0 Å². The van der Waals surface area contributed by atoms with Gasteiger partial charge in [-0.15, -0.1) is 0 Å². The lowest BCUT2D eigenvalue weighted by atomic mass is 10.1. The van der Waals surface area contributed by atoms with Gasteiger partial charge < -0.3 is 25.4 Å². The predicted molar refractivity (Wildman–Crippen MR) is 95.5 cm³/mol. The lowest BCUT2D eigenvalue weighted by molar-refractivity contribution is 0.0202. The predicted octanol–water partition coefficient (Wildman–Crippen LogP) is 2.32. The SMILES string of the molecule is CCCCN(C)CC1OCC(NC(=O)Nc2cccc(Cl)c2)C1O. The highest BCUT2D eigenvalue weighted by Gasteiger charge is 2.37. The molecule has 0 aromatic heterocycles. The molecule has 0 radical (unpaired) electrons. The van der Waals surface area contributed by atoms with Gasteiger partial charge in [0.25, 0.3) is 0 Å². The molecule has 1 aliphatic heterocycles. The smallest absolute Gasteiger partial charge is 0.319 e. The van der Waals surface area contributed by atoms with Gasteiger partial charge in [0.2, 0.25) is 0 Å². The van der Waals surface area contributed by atoms with E-state index >= 15 is 0 Å². The van der Waals surface area contributed by atoms with Crippen LogP contribution in [-0.2, 0) is 4.74 Å². The summed E-state index contributed by atoms with van der Waals surface area (Å²) >= 11 is 5.89. The summed E-state index contributed by atoms with van der Waals surface area (Å²) in [7, 11) is 2.01. The maximum Gasteiger partial charge on any atom is 0.319 e. The zero-order valence-corrected chi connectivity index (χ0v) is 14.9. The summed E-state index contributed by atoms with van der Waals surface area (Å²) in [4.78, 5) is 14.2. The van der Waals surface area contributed by atoms with Crippen LogP contribution >= 0.6 is 11.6 Å². The number of hydrogen-bond donors (Lipinski definition) is 3. The third kappa shape index (κ3) is 5.63. The van der Waals surface area contributed by atoms with E-state index in [0.717, 1.165) is 19.4 Å². The summed E-state index contributed by atoms with van der Waals surface area (Å²) in [5.74, 6) is 0. The van der Waals surface area contributed by atoms with Crippen molar-refractivity contribution in [3.63, 3.8) is 0 Å². The fourth-order valence-electron chi connectivity index (χ4n) is 2.70. The van der Waals surface area contributed by atoms with Crippen LogP contribution in [0.5, 0.6) is 0 Å². The largest absolute Gasteiger partial charge is 0.388 e. The molecule has 0 aliphatic carbocycles. The number of likely N-dealkylation sites (N-methyl/N-ethyl adjacent to an activating group) is 1. The highest BCUT2D eigenvalue weighted by molar-refractivity contribution is 6.30. The van der Waals surface area contributed by atoms with Crippen LogP contribution in [0.4, 0.5) is 10.5 Å². The first-order chi connectivity index (χ1) is 11.5. The van der Waals surface area contributed by atoms with Crippen molar-refractivity contribution in [2.45, 2.75) is 38.0 Å². The van der Waals surface area contributed by atoms with Crippen molar-refractivity contribution in [2.24, 2.45) is 0 Å². The number of halogens is 1. The molecule has 1 saturated heterocycles. The van der Waals surface area contributed by atoms with Crippen LogP contribution in [0.25, 0.3) is 0 Å². The van der Waals surface area contributed by atoms with Gasteiger partial charge in [0, 0.05) is 17.3 Å². The Morgan fingerprint density at radius 1 is 1.50 bits per heavy atom. The Kier molecular flexibility index (Phi) is 7.30. The molecule has 3 N–H and O–H groups in total. The highest BCUT2D eigenvalue weighted by atomic mass is 35.5. The van der Waals surface area contributed by atoms with Crippen molar-refractivity contribution in [1.29, 1.82) is 0 Å². The van der Waals surface area contributed by atoms with Crippen LogP contribution in [-0.4, -0.2) is 61.0 Å². The van der Waals surface area contributed by atoms with E-state index in [4.69, 9.17) is 16.3 Å². The number of amides is 2. The van der Waals surface area contributed by atoms with Gasteiger partial charge in [-0.2, -0.15) is 0 Å². The maximum absolute atomic E-state index is 12.1. The number of aliphatic hydroxyl groups excluding tert-OH is 1. The number of nitrogens with zero attached hydrogens (tertiary/aromatic N) is 1. The Labute approximate surface area is 148 Å². The number of nitrogens with one attached hydrogen (secondary N) is 2. The van der Waals surface area contributed by atoms with E-state index < -0.39 is 12.1 Å². The van der Waals surface area contributed by atoms with Crippen molar-refractivity contribution in [2.75, 3.05) is 32.1 Å². The third-order valence-corrected chi connectivity index (χ3v) is 4.30. The van der Waals surface area contributed by atoms with Gasteiger partial charge in [-0.1, -0.05) is 31.0 Å². The molecule has 0 bridgehead atoms. The van der Waals surface area contributed by atoms with Crippen LogP contribution in [0.15, 0.2) is 24.3 Å². The van der Waals surface area contributed by atoms with E-state index in [2.05, 4.69) is 22.5 Å². The minimum absolute atomic E-state index is 0.289. The molecule has 2 amide bonds. The van der Waals surface area contributed by atoms with Crippen LogP contribution in [0, 0.1) is 0 Å². The van der Waals surface area contributed by atoms with E-state index in [1.54, 1.807) is 24.3 Å². The summed E-state index contributed by atoms with van der Waals surface area (Å²) in [6.45, 7) is 4.06. The molecule has 0 spiro atoms. The van der Waals surface area contributed by atoms with Crippen molar-refractivity contribution in [3.8, 4) is 0 Å². The average molecular weight is 356 g/mol. The molecule has 1 heterocycles. The Hall–Kier alpha value is -1.34. The minimum Gasteiger partial charge on any atom is -0.388 e. The second-order valence-electron chi connectivity index (χ2n) is 6.19. The number of rotatable bonds is 7. The fraction of sp³-hybridized carbons (Fsp3) is 0.588. The average Bonchev–Trinajstić information content (AvgIpc) is 2.86. The second-order valence-corrected chi connectivity index (χ2v) is 6.63. The lowest BCUT2D eigenvalue weighted by Crippen LogP contribution is -2.47. The topological polar surface area (TPSA) is 73.8 Å². The number of urea groups is 1. The first kappa shape index (κ1) is 19.0. The Morgan fingerprint density at radius 2 is 2.29 bits per heavy atom. The first-order valence-corrected chi connectivity index (χ1v) is 8.68.